The molecule has 1 aromatic heterocycles. The van der Waals surface area contributed by atoms with Crippen LogP contribution in [-0.2, 0) is 13.1 Å². The van der Waals surface area contributed by atoms with E-state index in [1.54, 1.807) is 0 Å². The number of hydrogen-bond donors (Lipinski definition) is 2. The van der Waals surface area contributed by atoms with Crippen LogP contribution >= 0.6 is 24.0 Å². The Hall–Kier alpha value is -1.83. The van der Waals surface area contributed by atoms with Crippen LogP contribution in [0.15, 0.2) is 41.4 Å². The number of aromatic nitrogens is 1. The molecule has 0 radical (unpaired) electrons. The van der Waals surface area contributed by atoms with Crippen molar-refractivity contribution in [2.75, 3.05) is 13.2 Å². The highest BCUT2D eigenvalue weighted by Crippen LogP contribution is 2.21. The molecule has 1 heterocycles. The van der Waals surface area contributed by atoms with Gasteiger partial charge in [0, 0.05) is 17.8 Å². The maximum atomic E-state index is 5.88. The number of aliphatic imine (C=N–C) groups is 1. The fourth-order valence-corrected chi connectivity index (χ4v) is 2.52. The summed E-state index contributed by atoms with van der Waals surface area (Å²) in [6.45, 7) is 11.0. The third-order valence-electron chi connectivity index (χ3n) is 3.82. The maximum absolute atomic E-state index is 5.88. The average Bonchev–Trinajstić information content (AvgIpc) is 2.63. The van der Waals surface area contributed by atoms with E-state index in [2.05, 4.69) is 54.6 Å². The van der Waals surface area contributed by atoms with Crippen molar-refractivity contribution in [1.82, 2.24) is 15.6 Å². The summed E-state index contributed by atoms with van der Waals surface area (Å²) in [6, 6.07) is 12.3. The maximum Gasteiger partial charge on any atom is 0.191 e. The van der Waals surface area contributed by atoms with E-state index < -0.39 is 0 Å². The van der Waals surface area contributed by atoms with Gasteiger partial charge in [-0.2, -0.15) is 0 Å². The van der Waals surface area contributed by atoms with Crippen LogP contribution in [0.25, 0.3) is 0 Å². The van der Waals surface area contributed by atoms with Crippen LogP contribution in [-0.4, -0.2) is 24.1 Å². The number of hydrogen-bond acceptors (Lipinski definition) is 3. The summed E-state index contributed by atoms with van der Waals surface area (Å²) >= 11 is 0. The van der Waals surface area contributed by atoms with Crippen molar-refractivity contribution in [3.05, 3.63) is 58.9 Å². The predicted octanol–water partition coefficient (Wildman–Crippen LogP) is 4.36. The lowest BCUT2D eigenvalue weighted by Gasteiger charge is -2.13. The van der Waals surface area contributed by atoms with Gasteiger partial charge < -0.3 is 15.4 Å². The van der Waals surface area contributed by atoms with Crippen molar-refractivity contribution in [2.24, 2.45) is 4.99 Å². The van der Waals surface area contributed by atoms with Gasteiger partial charge in [0.25, 0.3) is 0 Å². The number of benzene rings is 1. The minimum Gasteiger partial charge on any atom is -0.493 e. The van der Waals surface area contributed by atoms with Gasteiger partial charge in [0.2, 0.25) is 0 Å². The molecule has 0 atom stereocenters. The third kappa shape index (κ3) is 8.15. The minimum absolute atomic E-state index is 0. The van der Waals surface area contributed by atoms with Crippen molar-refractivity contribution in [3.8, 4) is 5.75 Å². The van der Waals surface area contributed by atoms with Gasteiger partial charge in [-0.05, 0) is 51.0 Å². The Kier molecular flexibility index (Phi) is 10.8. The lowest BCUT2D eigenvalue weighted by atomic mass is 10.1. The molecule has 0 amide bonds. The van der Waals surface area contributed by atoms with Crippen molar-refractivity contribution in [3.63, 3.8) is 0 Å². The fourth-order valence-electron chi connectivity index (χ4n) is 2.52. The Morgan fingerprint density at radius 2 is 1.93 bits per heavy atom. The van der Waals surface area contributed by atoms with Crippen LogP contribution in [0.1, 0.15) is 42.8 Å². The van der Waals surface area contributed by atoms with Crippen LogP contribution in [0, 0.1) is 13.8 Å². The second kappa shape index (κ2) is 12.5. The van der Waals surface area contributed by atoms with E-state index in [9.17, 15) is 0 Å². The summed E-state index contributed by atoms with van der Waals surface area (Å²) in [5, 5.41) is 6.63. The molecule has 0 unspecified atom stereocenters. The van der Waals surface area contributed by atoms with Gasteiger partial charge >= 0.3 is 0 Å². The first-order valence-corrected chi connectivity index (χ1v) is 9.29. The molecule has 148 valence electrons. The highest BCUT2D eigenvalue weighted by molar-refractivity contribution is 14.0. The molecule has 2 aromatic rings. The van der Waals surface area contributed by atoms with Gasteiger partial charge in [-0.25, -0.2) is 4.99 Å². The molecule has 1 aromatic carbocycles. The van der Waals surface area contributed by atoms with Crippen molar-refractivity contribution >= 4 is 29.9 Å². The first-order chi connectivity index (χ1) is 12.6. The number of pyridine rings is 1. The highest BCUT2D eigenvalue weighted by atomic mass is 127. The Labute approximate surface area is 180 Å². The number of nitrogens with one attached hydrogen (secondary N) is 2. The zero-order valence-electron chi connectivity index (χ0n) is 16.7. The quantitative estimate of drug-likeness (QED) is 0.334. The SMILES string of the molecule is CCCOc1cc(C)ccc1CN=C(NCC)NCc1cccc(C)n1.I. The molecular formula is C21H31IN4O. The van der Waals surface area contributed by atoms with Gasteiger partial charge in [0.1, 0.15) is 5.75 Å². The first kappa shape index (κ1) is 23.2. The predicted molar refractivity (Wildman–Crippen MR) is 123 cm³/mol. The van der Waals surface area contributed by atoms with Crippen LogP contribution < -0.4 is 15.4 Å². The minimum atomic E-state index is 0. The van der Waals surface area contributed by atoms with Crippen LogP contribution in [0.3, 0.4) is 0 Å². The summed E-state index contributed by atoms with van der Waals surface area (Å²) in [7, 11) is 0. The molecule has 6 heteroatoms. The number of halogens is 1. The number of rotatable bonds is 8. The second-order valence-corrected chi connectivity index (χ2v) is 6.28. The molecule has 0 aliphatic carbocycles. The van der Waals surface area contributed by atoms with Crippen molar-refractivity contribution < 1.29 is 4.74 Å². The summed E-state index contributed by atoms with van der Waals surface area (Å²) in [4.78, 5) is 9.22. The normalized spacial score (nSPS) is 10.9. The van der Waals surface area contributed by atoms with E-state index >= 15 is 0 Å². The molecule has 2 rings (SSSR count). The summed E-state index contributed by atoms with van der Waals surface area (Å²) < 4.78 is 5.88. The van der Waals surface area contributed by atoms with Gasteiger partial charge in [-0.15, -0.1) is 24.0 Å². The molecule has 2 N–H and O–H groups in total. The van der Waals surface area contributed by atoms with Gasteiger partial charge in [0.05, 0.1) is 25.4 Å². The smallest absolute Gasteiger partial charge is 0.191 e. The number of nitrogens with zero attached hydrogens (tertiary/aromatic N) is 2. The molecule has 0 bridgehead atoms. The second-order valence-electron chi connectivity index (χ2n) is 6.28. The topological polar surface area (TPSA) is 58.5 Å². The van der Waals surface area contributed by atoms with E-state index in [1.807, 2.05) is 25.1 Å². The van der Waals surface area contributed by atoms with Gasteiger partial charge in [-0.3, -0.25) is 4.98 Å². The monoisotopic (exact) mass is 482 g/mol. The van der Waals surface area contributed by atoms with E-state index in [0.29, 0.717) is 13.1 Å². The Morgan fingerprint density at radius 1 is 1.11 bits per heavy atom. The van der Waals surface area contributed by atoms with Gasteiger partial charge in [-0.1, -0.05) is 25.1 Å². The molecule has 0 aliphatic heterocycles. The highest BCUT2D eigenvalue weighted by Gasteiger charge is 2.05. The molecule has 0 spiro atoms. The molecule has 5 nitrogen and oxygen atoms in total. The van der Waals surface area contributed by atoms with Crippen LogP contribution in [0.2, 0.25) is 0 Å². The summed E-state index contributed by atoms with van der Waals surface area (Å²) in [6.07, 6.45) is 0.990. The number of aryl methyl sites for hydroxylation is 2. The number of guanidine groups is 1. The number of ether oxygens (including phenoxy) is 1. The van der Waals surface area contributed by atoms with E-state index in [1.165, 1.54) is 5.56 Å². The molecule has 27 heavy (non-hydrogen) atoms. The van der Waals surface area contributed by atoms with E-state index in [0.717, 1.165) is 48.2 Å². The third-order valence-corrected chi connectivity index (χ3v) is 3.82. The molecule has 0 aliphatic rings. The summed E-state index contributed by atoms with van der Waals surface area (Å²) in [5.74, 6) is 1.70. The largest absolute Gasteiger partial charge is 0.493 e. The molecule has 0 fully saturated rings. The Morgan fingerprint density at radius 3 is 2.63 bits per heavy atom. The zero-order chi connectivity index (χ0) is 18.8. The summed E-state index contributed by atoms with van der Waals surface area (Å²) in [5.41, 5.74) is 4.30. The average molecular weight is 482 g/mol. The Bertz CT molecular complexity index is 734. The van der Waals surface area contributed by atoms with Crippen molar-refractivity contribution in [1.29, 1.82) is 0 Å². The molecular weight excluding hydrogens is 451 g/mol. The molecule has 0 saturated carbocycles. The molecule has 0 saturated heterocycles. The first-order valence-electron chi connectivity index (χ1n) is 9.29. The van der Waals surface area contributed by atoms with Crippen LogP contribution in [0.5, 0.6) is 5.75 Å². The lowest BCUT2D eigenvalue weighted by molar-refractivity contribution is 0.314. The van der Waals surface area contributed by atoms with Crippen LogP contribution in [0.4, 0.5) is 0 Å². The lowest BCUT2D eigenvalue weighted by Crippen LogP contribution is -2.37. The standard InChI is InChI=1S/C21H30N4O.HI/c1-5-12-26-20-13-16(3)10-11-18(20)14-23-21(22-6-2)24-15-19-9-7-8-17(4)25-19;/h7-11,13H,5-6,12,14-15H2,1-4H3,(H2,22,23,24);1H. The van der Waals surface area contributed by atoms with E-state index in [4.69, 9.17) is 9.73 Å². The fraction of sp³-hybridized carbons (Fsp3) is 0.429. The Balaban J connectivity index is 0.00000364. The van der Waals surface area contributed by atoms with Crippen molar-refractivity contribution in [2.45, 2.75) is 47.2 Å². The van der Waals surface area contributed by atoms with E-state index in [-0.39, 0.29) is 24.0 Å². The zero-order valence-corrected chi connectivity index (χ0v) is 19.0. The van der Waals surface area contributed by atoms with Gasteiger partial charge in [0.15, 0.2) is 5.96 Å².